The zero-order chi connectivity index (χ0) is 12.6. The summed E-state index contributed by atoms with van der Waals surface area (Å²) in [6.45, 7) is 0. The second-order valence-corrected chi connectivity index (χ2v) is 6.79. The van der Waals surface area contributed by atoms with Gasteiger partial charge in [0.2, 0.25) is 0 Å². The molecule has 18 heavy (non-hydrogen) atoms. The van der Waals surface area contributed by atoms with E-state index in [0.29, 0.717) is 6.04 Å². The average Bonchev–Trinajstić information content (AvgIpc) is 2.27. The minimum absolute atomic E-state index is 0.515. The van der Waals surface area contributed by atoms with Crippen LogP contribution in [0.5, 0.6) is 0 Å². The van der Waals surface area contributed by atoms with Crippen molar-refractivity contribution in [3.63, 3.8) is 0 Å². The van der Waals surface area contributed by atoms with Crippen LogP contribution in [0.4, 0.5) is 0 Å². The van der Waals surface area contributed by atoms with E-state index >= 15 is 0 Å². The third-order valence-electron chi connectivity index (χ3n) is 5.39. The molecule has 2 saturated carbocycles. The van der Waals surface area contributed by atoms with Crippen LogP contribution in [0, 0.1) is 11.8 Å². The van der Waals surface area contributed by atoms with E-state index in [2.05, 4.69) is 0 Å². The first-order chi connectivity index (χ1) is 8.88. The highest BCUT2D eigenvalue weighted by molar-refractivity contribution is 4.82. The van der Waals surface area contributed by atoms with E-state index in [1.54, 1.807) is 0 Å². The molecule has 0 atom stereocenters. The molecule has 2 fully saturated rings. The van der Waals surface area contributed by atoms with Crippen LogP contribution in [-0.2, 0) is 0 Å². The second kappa shape index (κ2) is 8.19. The van der Waals surface area contributed by atoms with E-state index < -0.39 is 0 Å². The van der Waals surface area contributed by atoms with Crippen molar-refractivity contribution in [1.82, 2.24) is 0 Å². The van der Waals surface area contributed by atoms with Gasteiger partial charge in [-0.3, -0.25) is 0 Å². The summed E-state index contributed by atoms with van der Waals surface area (Å²) in [5.41, 5.74) is 6.66. The molecule has 0 unspecified atom stereocenters. The molecule has 0 aromatic rings. The Hall–Kier alpha value is -0.0400. The topological polar surface area (TPSA) is 26.0 Å². The summed E-state index contributed by atoms with van der Waals surface area (Å²) in [7, 11) is 0. The smallest absolute Gasteiger partial charge is 0.00956 e. The first-order valence-corrected chi connectivity index (χ1v) is 8.63. The lowest BCUT2D eigenvalue weighted by Gasteiger charge is -2.33. The highest BCUT2D eigenvalue weighted by Crippen LogP contribution is 2.32. The second-order valence-electron chi connectivity index (χ2n) is 6.79. The fourth-order valence-corrected chi connectivity index (χ4v) is 4.13. The lowest BCUT2D eigenvalue weighted by atomic mass is 9.76. The minimum Gasteiger partial charge on any atom is -0.327 e. The van der Waals surface area contributed by atoms with Crippen LogP contribution in [0.3, 0.4) is 0 Å². The summed E-state index contributed by atoms with van der Waals surface area (Å²) < 4.78 is 0. The van der Waals surface area contributed by atoms with E-state index in [1.807, 2.05) is 0 Å². The van der Waals surface area contributed by atoms with Gasteiger partial charge in [0.05, 0.1) is 0 Å². The van der Waals surface area contributed by atoms with Gasteiger partial charge in [0.25, 0.3) is 0 Å². The lowest BCUT2D eigenvalue weighted by molar-refractivity contribution is 0.224. The van der Waals surface area contributed by atoms with E-state index in [9.17, 15) is 0 Å². The number of hydrogen-bond donors (Lipinski definition) is 1. The maximum Gasteiger partial charge on any atom is 0.00956 e. The Morgan fingerprint density at radius 2 is 0.778 bits per heavy atom. The normalized spacial score (nSPS) is 26.3. The Morgan fingerprint density at radius 1 is 0.500 bits per heavy atom. The molecule has 2 N–H and O–H groups in total. The molecule has 2 aliphatic carbocycles. The van der Waals surface area contributed by atoms with Crippen molar-refractivity contribution >= 4 is 0 Å². The van der Waals surface area contributed by atoms with Gasteiger partial charge in [-0.2, -0.15) is 0 Å². The fraction of sp³-hybridized carbons (Fsp3) is 1.00. The van der Waals surface area contributed by atoms with Crippen LogP contribution in [0.2, 0.25) is 0 Å². The molecule has 0 bridgehead atoms. The highest BCUT2D eigenvalue weighted by atomic mass is 14.7. The predicted octanol–water partition coefficient (Wildman–Crippen LogP) is 5.03. The molecule has 2 aliphatic rings. The van der Waals surface area contributed by atoms with Crippen LogP contribution < -0.4 is 5.73 Å². The van der Waals surface area contributed by atoms with Crippen molar-refractivity contribution in [2.24, 2.45) is 17.6 Å². The van der Waals surface area contributed by atoms with Gasteiger partial charge >= 0.3 is 0 Å². The summed E-state index contributed by atoms with van der Waals surface area (Å²) in [4.78, 5) is 0. The molecule has 1 heteroatoms. The Morgan fingerprint density at radius 3 is 1.11 bits per heavy atom. The average molecular weight is 251 g/mol. The van der Waals surface area contributed by atoms with Crippen molar-refractivity contribution < 1.29 is 0 Å². The molecule has 0 heterocycles. The highest BCUT2D eigenvalue weighted by Gasteiger charge is 2.26. The molecule has 0 radical (unpaired) electrons. The summed E-state index contributed by atoms with van der Waals surface area (Å²) in [6.07, 6.45) is 20.1. The van der Waals surface area contributed by atoms with Gasteiger partial charge in [0.1, 0.15) is 0 Å². The third kappa shape index (κ3) is 4.57. The Labute approximate surface area is 114 Å². The fourth-order valence-electron chi connectivity index (χ4n) is 4.13. The molecule has 106 valence electrons. The molecular weight excluding hydrogens is 218 g/mol. The maximum atomic E-state index is 6.66. The third-order valence-corrected chi connectivity index (χ3v) is 5.39. The maximum absolute atomic E-state index is 6.66. The van der Waals surface area contributed by atoms with Crippen LogP contribution >= 0.6 is 0 Å². The summed E-state index contributed by atoms with van der Waals surface area (Å²) >= 11 is 0. The van der Waals surface area contributed by atoms with Gasteiger partial charge < -0.3 is 5.73 Å². The van der Waals surface area contributed by atoms with Gasteiger partial charge in [-0.05, 0) is 37.5 Å². The van der Waals surface area contributed by atoms with Crippen molar-refractivity contribution in [3.8, 4) is 0 Å². The Bertz CT molecular complexity index is 176. The lowest BCUT2D eigenvalue weighted by Crippen LogP contribution is -2.38. The number of hydrogen-bond acceptors (Lipinski definition) is 1. The van der Waals surface area contributed by atoms with Crippen LogP contribution in [0.25, 0.3) is 0 Å². The van der Waals surface area contributed by atoms with Crippen molar-refractivity contribution in [2.75, 3.05) is 0 Å². The van der Waals surface area contributed by atoms with Crippen molar-refractivity contribution in [3.05, 3.63) is 0 Å². The molecule has 0 saturated heterocycles. The molecule has 1 nitrogen and oxygen atoms in total. The van der Waals surface area contributed by atoms with Gasteiger partial charge in [0.15, 0.2) is 0 Å². The predicted molar refractivity (Wildman–Crippen MR) is 79.6 cm³/mol. The standard InChI is InChI=1S/C17H33N/c18-17(15-11-7-3-1-4-8-12-15)16-13-9-5-2-6-10-14-16/h15-17H,1-14,18H2. The van der Waals surface area contributed by atoms with Crippen LogP contribution in [-0.4, -0.2) is 6.04 Å². The van der Waals surface area contributed by atoms with Crippen molar-refractivity contribution in [1.29, 1.82) is 0 Å². The van der Waals surface area contributed by atoms with E-state index in [4.69, 9.17) is 5.73 Å². The zero-order valence-corrected chi connectivity index (χ0v) is 12.2. The first-order valence-electron chi connectivity index (χ1n) is 8.63. The Kier molecular flexibility index (Phi) is 6.54. The quantitative estimate of drug-likeness (QED) is 0.731. The molecule has 0 spiro atoms. The van der Waals surface area contributed by atoms with Crippen molar-refractivity contribution in [2.45, 2.75) is 95.9 Å². The van der Waals surface area contributed by atoms with E-state index in [-0.39, 0.29) is 0 Å². The minimum atomic E-state index is 0.515. The monoisotopic (exact) mass is 251 g/mol. The summed E-state index contributed by atoms with van der Waals surface area (Å²) in [5, 5.41) is 0. The molecular formula is C17H33N. The Balaban J connectivity index is 1.83. The summed E-state index contributed by atoms with van der Waals surface area (Å²) in [5.74, 6) is 1.68. The van der Waals surface area contributed by atoms with Crippen LogP contribution in [0.1, 0.15) is 89.9 Å². The number of nitrogens with two attached hydrogens (primary N) is 1. The van der Waals surface area contributed by atoms with E-state index in [1.165, 1.54) is 89.9 Å². The summed E-state index contributed by atoms with van der Waals surface area (Å²) in [6, 6.07) is 0.515. The zero-order valence-electron chi connectivity index (χ0n) is 12.2. The molecule has 0 aromatic carbocycles. The molecule has 2 rings (SSSR count). The van der Waals surface area contributed by atoms with Gasteiger partial charge in [-0.25, -0.2) is 0 Å². The molecule has 0 aliphatic heterocycles. The number of rotatable bonds is 2. The van der Waals surface area contributed by atoms with Crippen LogP contribution in [0.15, 0.2) is 0 Å². The van der Waals surface area contributed by atoms with Gasteiger partial charge in [-0.1, -0.05) is 64.2 Å². The molecule has 0 amide bonds. The SMILES string of the molecule is NC(C1CCCCCCC1)C1CCCCCCC1. The molecule has 0 aromatic heterocycles. The van der Waals surface area contributed by atoms with Gasteiger partial charge in [0, 0.05) is 6.04 Å². The van der Waals surface area contributed by atoms with Gasteiger partial charge in [-0.15, -0.1) is 0 Å². The van der Waals surface area contributed by atoms with E-state index in [0.717, 1.165) is 11.8 Å². The first kappa shape index (κ1) is 14.4. The largest absolute Gasteiger partial charge is 0.327 e.